The molecule has 4 aromatic rings. The largest absolute Gasteiger partial charge is 0.296 e. The van der Waals surface area contributed by atoms with Gasteiger partial charge in [0.1, 0.15) is 11.5 Å². The van der Waals surface area contributed by atoms with E-state index in [-0.39, 0.29) is 22.9 Å². The van der Waals surface area contributed by atoms with Crippen LogP contribution >= 0.6 is 34.5 Å². The molecule has 0 aliphatic carbocycles. The molecule has 2 aromatic heterocycles. The van der Waals surface area contributed by atoms with Crippen molar-refractivity contribution in [3.05, 3.63) is 100 Å². The zero-order chi connectivity index (χ0) is 19.8. The van der Waals surface area contributed by atoms with Crippen LogP contribution < -0.4 is 15.7 Å². The Kier molecular flexibility index (Phi) is 4.97. The summed E-state index contributed by atoms with van der Waals surface area (Å²) in [5.41, 5.74) is 0.481. The van der Waals surface area contributed by atoms with Gasteiger partial charge in [-0.3, -0.25) is 9.59 Å². The van der Waals surface area contributed by atoms with Gasteiger partial charge in [0.05, 0.1) is 4.53 Å². The van der Waals surface area contributed by atoms with Crippen LogP contribution in [0.5, 0.6) is 0 Å². The van der Waals surface area contributed by atoms with Crippen molar-refractivity contribution in [2.24, 2.45) is 0 Å². The molecule has 0 bridgehead atoms. The van der Waals surface area contributed by atoms with Gasteiger partial charge in [-0.25, -0.2) is 4.39 Å². The number of hydrogen-bond acceptors (Lipinski definition) is 5. The second kappa shape index (κ2) is 7.43. The third-order valence-corrected chi connectivity index (χ3v) is 5.51. The van der Waals surface area contributed by atoms with Gasteiger partial charge in [0.25, 0.3) is 11.1 Å². The number of nitrogens with zero attached hydrogens (tertiary/aromatic N) is 3. The molecule has 140 valence electrons. The lowest BCUT2D eigenvalue weighted by atomic mass is 10.1. The van der Waals surface area contributed by atoms with E-state index in [1.165, 1.54) is 12.1 Å². The Labute approximate surface area is 171 Å². The number of benzene rings is 2. The minimum absolute atomic E-state index is 0.107. The van der Waals surface area contributed by atoms with E-state index in [4.69, 9.17) is 23.2 Å². The number of halogens is 3. The van der Waals surface area contributed by atoms with Crippen LogP contribution in [0.4, 0.5) is 4.39 Å². The van der Waals surface area contributed by atoms with E-state index in [9.17, 15) is 14.0 Å². The van der Waals surface area contributed by atoms with Gasteiger partial charge in [0.2, 0.25) is 4.96 Å². The van der Waals surface area contributed by atoms with Gasteiger partial charge < -0.3 is 0 Å². The summed E-state index contributed by atoms with van der Waals surface area (Å²) in [5, 5.41) is 5.05. The molecule has 0 aliphatic heterocycles. The van der Waals surface area contributed by atoms with Gasteiger partial charge in [0.15, 0.2) is 0 Å². The Balaban J connectivity index is 1.81. The topological polar surface area (TPSA) is 64.3 Å². The molecule has 0 amide bonds. The maximum atomic E-state index is 13.0. The lowest BCUT2D eigenvalue weighted by molar-refractivity contribution is 0.627. The summed E-state index contributed by atoms with van der Waals surface area (Å²) in [6.45, 7) is 0. The molecule has 2 heterocycles. The first kappa shape index (κ1) is 18.7. The molecule has 0 saturated carbocycles. The summed E-state index contributed by atoms with van der Waals surface area (Å²) in [7, 11) is 0. The molecule has 0 spiro atoms. The van der Waals surface area contributed by atoms with E-state index in [0.717, 1.165) is 15.9 Å². The Morgan fingerprint density at radius 3 is 2.57 bits per heavy atom. The molecule has 0 saturated heterocycles. The van der Waals surface area contributed by atoms with E-state index in [0.29, 0.717) is 25.7 Å². The Morgan fingerprint density at radius 2 is 1.86 bits per heavy atom. The molecular weight excluding hydrogens is 424 g/mol. The maximum Gasteiger partial charge on any atom is 0.296 e. The quantitative estimate of drug-likeness (QED) is 0.497. The van der Waals surface area contributed by atoms with Crippen molar-refractivity contribution in [1.29, 1.82) is 0 Å². The van der Waals surface area contributed by atoms with Crippen molar-refractivity contribution in [1.82, 2.24) is 14.6 Å². The van der Waals surface area contributed by atoms with Gasteiger partial charge in [0, 0.05) is 16.5 Å². The van der Waals surface area contributed by atoms with Gasteiger partial charge in [-0.05, 0) is 41.5 Å². The summed E-state index contributed by atoms with van der Waals surface area (Å²) in [4.78, 5) is 29.1. The normalized spacial score (nSPS) is 12.0. The summed E-state index contributed by atoms with van der Waals surface area (Å²) in [5.74, 6) is -0.372. The molecule has 0 aliphatic rings. The fraction of sp³-hybridized carbons (Fsp3) is 0.0526. The Bertz CT molecular complexity index is 1370. The molecule has 0 N–H and O–H groups in total. The van der Waals surface area contributed by atoms with Crippen LogP contribution in [-0.4, -0.2) is 14.6 Å². The minimum Gasteiger partial charge on any atom is -0.266 e. The van der Waals surface area contributed by atoms with Gasteiger partial charge in [-0.2, -0.15) is 14.6 Å². The number of fused-ring (bicyclic) bond motifs is 1. The van der Waals surface area contributed by atoms with Gasteiger partial charge in [-0.1, -0.05) is 52.7 Å². The monoisotopic (exact) mass is 433 g/mol. The van der Waals surface area contributed by atoms with E-state index < -0.39 is 11.1 Å². The van der Waals surface area contributed by atoms with Crippen LogP contribution in [0.1, 0.15) is 16.8 Å². The molecule has 2 aromatic carbocycles. The first-order valence-electron chi connectivity index (χ1n) is 8.05. The first-order valence-corrected chi connectivity index (χ1v) is 9.62. The predicted octanol–water partition coefficient (Wildman–Crippen LogP) is 3.10. The standard InChI is InChI=1S/C19H10Cl2FN3O2S/c20-12-4-3-11(14(21)9-12)8-16-18(27)25-19(28-16)23-17(26)15(24-25)7-10-1-5-13(22)6-2-10/h1-6,8-9H,7H2/b16-8-. The molecule has 5 nitrogen and oxygen atoms in total. The molecule has 4 rings (SSSR count). The third kappa shape index (κ3) is 3.69. The van der Waals surface area contributed by atoms with Crippen LogP contribution in [0.2, 0.25) is 10.0 Å². The summed E-state index contributed by atoms with van der Waals surface area (Å²) >= 11 is 13.1. The van der Waals surface area contributed by atoms with Crippen LogP contribution in [0, 0.1) is 5.82 Å². The summed E-state index contributed by atoms with van der Waals surface area (Å²) in [6.07, 6.45) is 1.75. The van der Waals surface area contributed by atoms with Crippen molar-refractivity contribution >= 4 is 45.6 Å². The van der Waals surface area contributed by atoms with Crippen molar-refractivity contribution in [2.45, 2.75) is 6.42 Å². The third-order valence-electron chi connectivity index (χ3n) is 3.98. The van der Waals surface area contributed by atoms with Crippen molar-refractivity contribution < 1.29 is 4.39 Å². The average molecular weight is 434 g/mol. The maximum absolute atomic E-state index is 13.0. The molecular formula is C19H10Cl2FN3O2S. The molecule has 0 atom stereocenters. The van der Waals surface area contributed by atoms with Crippen molar-refractivity contribution in [3.8, 4) is 0 Å². The lowest BCUT2D eigenvalue weighted by Gasteiger charge is -2.00. The van der Waals surface area contributed by atoms with Crippen LogP contribution in [0.25, 0.3) is 11.0 Å². The summed E-state index contributed by atoms with van der Waals surface area (Å²) < 4.78 is 14.5. The molecule has 0 fully saturated rings. The van der Waals surface area contributed by atoms with E-state index in [1.54, 1.807) is 36.4 Å². The fourth-order valence-electron chi connectivity index (χ4n) is 2.61. The second-order valence-electron chi connectivity index (χ2n) is 5.94. The number of hydrogen-bond donors (Lipinski definition) is 0. The molecule has 28 heavy (non-hydrogen) atoms. The summed E-state index contributed by atoms with van der Waals surface area (Å²) in [6, 6.07) is 10.6. The van der Waals surface area contributed by atoms with Crippen LogP contribution in [0.15, 0.2) is 52.1 Å². The zero-order valence-corrected chi connectivity index (χ0v) is 16.4. The highest BCUT2D eigenvalue weighted by Crippen LogP contribution is 2.21. The predicted molar refractivity (Wildman–Crippen MR) is 108 cm³/mol. The zero-order valence-electron chi connectivity index (χ0n) is 14.0. The fourth-order valence-corrected chi connectivity index (χ4v) is 3.97. The highest BCUT2D eigenvalue weighted by atomic mass is 35.5. The highest BCUT2D eigenvalue weighted by molar-refractivity contribution is 7.15. The first-order chi connectivity index (χ1) is 13.4. The Hall–Kier alpha value is -2.61. The molecule has 0 unspecified atom stereocenters. The number of thiazole rings is 1. The number of aromatic nitrogens is 3. The highest BCUT2D eigenvalue weighted by Gasteiger charge is 2.12. The van der Waals surface area contributed by atoms with E-state index in [1.807, 2.05) is 0 Å². The lowest BCUT2D eigenvalue weighted by Crippen LogP contribution is -2.28. The van der Waals surface area contributed by atoms with E-state index >= 15 is 0 Å². The van der Waals surface area contributed by atoms with Crippen molar-refractivity contribution in [2.75, 3.05) is 0 Å². The van der Waals surface area contributed by atoms with Crippen LogP contribution in [0.3, 0.4) is 0 Å². The minimum atomic E-state index is -0.526. The van der Waals surface area contributed by atoms with Crippen LogP contribution in [-0.2, 0) is 6.42 Å². The second-order valence-corrected chi connectivity index (χ2v) is 7.80. The van der Waals surface area contributed by atoms with Gasteiger partial charge in [-0.15, -0.1) is 0 Å². The van der Waals surface area contributed by atoms with Crippen molar-refractivity contribution in [3.63, 3.8) is 0 Å². The Morgan fingerprint density at radius 1 is 1.11 bits per heavy atom. The SMILES string of the molecule is O=c1nc2s/c(=C\c3ccc(Cl)cc3Cl)c(=O)n2nc1Cc1ccc(F)cc1. The molecule has 0 radical (unpaired) electrons. The molecule has 9 heteroatoms. The average Bonchev–Trinajstić information content (AvgIpc) is 2.94. The smallest absolute Gasteiger partial charge is 0.266 e. The number of rotatable bonds is 3. The van der Waals surface area contributed by atoms with E-state index in [2.05, 4.69) is 10.1 Å². The van der Waals surface area contributed by atoms with Gasteiger partial charge >= 0.3 is 0 Å².